The molecule has 4 N–H and O–H groups in total. The van der Waals surface area contributed by atoms with Gasteiger partial charge in [0.2, 0.25) is 5.91 Å². The zero-order valence-corrected chi connectivity index (χ0v) is 11.7. The number of piperidine rings is 1. The number of amides is 1. The molecule has 0 saturated carbocycles. The van der Waals surface area contributed by atoms with Gasteiger partial charge in [0.05, 0.1) is 6.10 Å². The van der Waals surface area contributed by atoms with Crippen LogP contribution in [0.1, 0.15) is 29.6 Å². The maximum atomic E-state index is 10.9. The number of carbonyl (C=O) groups is 1. The molecule has 1 aromatic carbocycles. The lowest BCUT2D eigenvalue weighted by Crippen LogP contribution is -2.32. The highest BCUT2D eigenvalue weighted by atomic mass is 16.5. The Hall–Kier alpha value is -1.59. The van der Waals surface area contributed by atoms with Crippen LogP contribution in [0.15, 0.2) is 24.3 Å². The Balaban J connectivity index is 1.59. The minimum Gasteiger partial charge on any atom is -0.385 e. The zero-order chi connectivity index (χ0) is 14.2. The van der Waals surface area contributed by atoms with Gasteiger partial charge in [-0.3, -0.25) is 4.79 Å². The van der Waals surface area contributed by atoms with Crippen LogP contribution in [0.3, 0.4) is 0 Å². The lowest BCUT2D eigenvalue weighted by Gasteiger charge is -2.22. The van der Waals surface area contributed by atoms with Crippen LogP contribution in [0, 0.1) is 0 Å². The van der Waals surface area contributed by atoms with Crippen LogP contribution in [0.5, 0.6) is 0 Å². The van der Waals surface area contributed by atoms with Gasteiger partial charge in [-0.1, -0.05) is 0 Å². The normalized spacial score (nSPS) is 16.0. The number of hydrogen-bond acceptors (Lipinski definition) is 4. The summed E-state index contributed by atoms with van der Waals surface area (Å²) >= 11 is 0. The van der Waals surface area contributed by atoms with Crippen LogP contribution in [0.25, 0.3) is 0 Å². The number of benzene rings is 1. The van der Waals surface area contributed by atoms with E-state index in [2.05, 4.69) is 10.6 Å². The van der Waals surface area contributed by atoms with E-state index < -0.39 is 5.91 Å². The molecular weight excluding hydrogens is 254 g/mol. The molecule has 1 aliphatic rings. The summed E-state index contributed by atoms with van der Waals surface area (Å²) in [6, 6.07) is 7.20. The quantitative estimate of drug-likeness (QED) is 0.658. The molecule has 0 unspecified atom stereocenters. The molecule has 20 heavy (non-hydrogen) atoms. The first-order valence-electron chi connectivity index (χ1n) is 7.22. The third-order valence-corrected chi connectivity index (χ3v) is 3.46. The van der Waals surface area contributed by atoms with E-state index in [0.717, 1.165) is 51.2 Å². The summed E-state index contributed by atoms with van der Waals surface area (Å²) in [4.78, 5) is 10.9. The molecule has 0 aromatic heterocycles. The van der Waals surface area contributed by atoms with Crippen LogP contribution in [-0.2, 0) is 4.74 Å². The van der Waals surface area contributed by atoms with Crippen LogP contribution < -0.4 is 16.4 Å². The number of primary amides is 1. The van der Waals surface area contributed by atoms with E-state index in [0.29, 0.717) is 11.7 Å². The van der Waals surface area contributed by atoms with E-state index in [1.54, 1.807) is 12.1 Å². The maximum Gasteiger partial charge on any atom is 0.248 e. The van der Waals surface area contributed by atoms with Crippen molar-refractivity contribution in [2.45, 2.75) is 25.4 Å². The zero-order valence-electron chi connectivity index (χ0n) is 11.7. The van der Waals surface area contributed by atoms with Crippen molar-refractivity contribution in [2.75, 3.05) is 31.6 Å². The molecule has 1 heterocycles. The number of carbonyl (C=O) groups excluding carboxylic acids is 1. The topological polar surface area (TPSA) is 76.4 Å². The minimum absolute atomic E-state index is 0.396. The summed E-state index contributed by atoms with van der Waals surface area (Å²) in [7, 11) is 0. The first-order valence-corrected chi connectivity index (χ1v) is 7.22. The Morgan fingerprint density at radius 2 is 2.00 bits per heavy atom. The van der Waals surface area contributed by atoms with Crippen molar-refractivity contribution in [1.82, 2.24) is 5.32 Å². The summed E-state index contributed by atoms with van der Waals surface area (Å²) in [5, 5.41) is 6.63. The number of nitrogens with one attached hydrogen (secondary N) is 2. The summed E-state index contributed by atoms with van der Waals surface area (Å²) in [6.45, 7) is 3.78. The highest BCUT2D eigenvalue weighted by molar-refractivity contribution is 5.93. The molecule has 1 saturated heterocycles. The monoisotopic (exact) mass is 277 g/mol. The van der Waals surface area contributed by atoms with Crippen molar-refractivity contribution >= 4 is 11.6 Å². The SMILES string of the molecule is NC(=O)c1ccc(NCCCOC2CCNCC2)cc1. The summed E-state index contributed by atoms with van der Waals surface area (Å²) in [5.41, 5.74) is 6.72. The fourth-order valence-electron chi connectivity index (χ4n) is 2.27. The molecule has 1 aromatic rings. The third-order valence-electron chi connectivity index (χ3n) is 3.46. The van der Waals surface area contributed by atoms with Crippen molar-refractivity contribution in [3.05, 3.63) is 29.8 Å². The minimum atomic E-state index is -0.396. The Morgan fingerprint density at radius 1 is 1.30 bits per heavy atom. The highest BCUT2D eigenvalue weighted by Crippen LogP contribution is 2.10. The molecule has 1 aliphatic heterocycles. The molecular formula is C15H23N3O2. The second-order valence-electron chi connectivity index (χ2n) is 5.04. The molecule has 0 spiro atoms. The molecule has 0 bridgehead atoms. The van der Waals surface area contributed by atoms with Gasteiger partial charge in [-0.2, -0.15) is 0 Å². The van der Waals surface area contributed by atoms with Crippen molar-refractivity contribution in [2.24, 2.45) is 5.73 Å². The Kier molecular flexibility index (Phi) is 5.83. The smallest absolute Gasteiger partial charge is 0.248 e. The predicted molar refractivity (Wildman–Crippen MR) is 79.9 cm³/mol. The molecule has 0 atom stereocenters. The van der Waals surface area contributed by atoms with Gasteiger partial charge in [0.1, 0.15) is 0 Å². The summed E-state index contributed by atoms with van der Waals surface area (Å²) in [5.74, 6) is -0.396. The Bertz CT molecular complexity index is 414. The molecule has 5 nitrogen and oxygen atoms in total. The lowest BCUT2D eigenvalue weighted by atomic mass is 10.1. The second-order valence-corrected chi connectivity index (χ2v) is 5.04. The van der Waals surface area contributed by atoms with E-state index in [1.165, 1.54) is 0 Å². The van der Waals surface area contributed by atoms with Gasteiger partial charge < -0.3 is 21.1 Å². The highest BCUT2D eigenvalue weighted by Gasteiger charge is 2.12. The summed E-state index contributed by atoms with van der Waals surface area (Å²) in [6.07, 6.45) is 3.62. The van der Waals surface area contributed by atoms with Crippen molar-refractivity contribution in [3.8, 4) is 0 Å². The maximum absolute atomic E-state index is 10.9. The number of nitrogens with two attached hydrogens (primary N) is 1. The van der Waals surface area contributed by atoms with Crippen LogP contribution in [0.2, 0.25) is 0 Å². The summed E-state index contributed by atoms with van der Waals surface area (Å²) < 4.78 is 5.83. The van der Waals surface area contributed by atoms with Gasteiger partial charge in [-0.15, -0.1) is 0 Å². The number of ether oxygens (including phenoxy) is 1. The van der Waals surface area contributed by atoms with Gasteiger partial charge >= 0.3 is 0 Å². The third kappa shape index (κ3) is 4.83. The number of anilines is 1. The molecule has 0 aliphatic carbocycles. The van der Waals surface area contributed by atoms with Gasteiger partial charge in [0.15, 0.2) is 0 Å². The fraction of sp³-hybridized carbons (Fsp3) is 0.533. The molecule has 110 valence electrons. The van der Waals surface area contributed by atoms with Crippen molar-refractivity contribution in [1.29, 1.82) is 0 Å². The average molecular weight is 277 g/mol. The number of hydrogen-bond donors (Lipinski definition) is 3. The van der Waals surface area contributed by atoms with Gasteiger partial charge in [-0.25, -0.2) is 0 Å². The number of rotatable bonds is 7. The average Bonchev–Trinajstić information content (AvgIpc) is 2.48. The second kappa shape index (κ2) is 7.87. The van der Waals surface area contributed by atoms with Crippen LogP contribution in [0.4, 0.5) is 5.69 Å². The van der Waals surface area contributed by atoms with E-state index in [9.17, 15) is 4.79 Å². The fourth-order valence-corrected chi connectivity index (χ4v) is 2.27. The van der Waals surface area contributed by atoms with E-state index >= 15 is 0 Å². The Labute approximate surface area is 119 Å². The first-order chi connectivity index (χ1) is 9.75. The van der Waals surface area contributed by atoms with E-state index in [4.69, 9.17) is 10.5 Å². The molecule has 2 rings (SSSR count). The lowest BCUT2D eigenvalue weighted by molar-refractivity contribution is 0.0329. The molecule has 5 heteroatoms. The first kappa shape index (κ1) is 14.8. The predicted octanol–water partition coefficient (Wildman–Crippen LogP) is 1.36. The molecule has 0 radical (unpaired) electrons. The van der Waals surface area contributed by atoms with Crippen LogP contribution >= 0.6 is 0 Å². The van der Waals surface area contributed by atoms with Crippen molar-refractivity contribution < 1.29 is 9.53 Å². The van der Waals surface area contributed by atoms with Gasteiger partial charge in [0, 0.05) is 24.4 Å². The standard InChI is InChI=1S/C15H23N3O2/c16-15(19)12-2-4-13(5-3-12)18-8-1-11-20-14-6-9-17-10-7-14/h2-5,14,17-18H,1,6-11H2,(H2,16,19). The van der Waals surface area contributed by atoms with Crippen molar-refractivity contribution in [3.63, 3.8) is 0 Å². The van der Waals surface area contributed by atoms with E-state index in [1.807, 2.05) is 12.1 Å². The molecule has 1 amide bonds. The Morgan fingerprint density at radius 3 is 2.65 bits per heavy atom. The van der Waals surface area contributed by atoms with Gasteiger partial charge in [-0.05, 0) is 56.6 Å². The van der Waals surface area contributed by atoms with E-state index in [-0.39, 0.29) is 0 Å². The largest absolute Gasteiger partial charge is 0.385 e. The molecule has 1 fully saturated rings. The van der Waals surface area contributed by atoms with Gasteiger partial charge in [0.25, 0.3) is 0 Å². The van der Waals surface area contributed by atoms with Crippen LogP contribution in [-0.4, -0.2) is 38.3 Å².